The summed E-state index contributed by atoms with van der Waals surface area (Å²) in [5, 5.41) is 8.76. The summed E-state index contributed by atoms with van der Waals surface area (Å²) in [6.07, 6.45) is 3.95. The number of carboxylic acid groups (broad SMARTS) is 1. The van der Waals surface area contributed by atoms with E-state index >= 15 is 0 Å². The molecule has 1 heterocycles. The number of benzene rings is 1. The van der Waals surface area contributed by atoms with Crippen molar-refractivity contribution in [3.05, 3.63) is 66.0 Å². The third kappa shape index (κ3) is 3.57. The number of rotatable bonds is 3. The molecule has 1 N–H and O–H groups in total. The largest absolute Gasteiger partial charge is 1.00 e. The van der Waals surface area contributed by atoms with Crippen molar-refractivity contribution in [1.82, 2.24) is 0 Å². The minimum absolute atomic E-state index is 0. The molecule has 0 aliphatic heterocycles. The molecule has 0 unspecified atom stereocenters. The fourth-order valence-corrected chi connectivity index (χ4v) is 1.50. The number of hydrogen-bond donors (Lipinski definition) is 1. The summed E-state index contributed by atoms with van der Waals surface area (Å²) >= 11 is 0. The van der Waals surface area contributed by atoms with Gasteiger partial charge in [0.1, 0.15) is 0 Å². The lowest BCUT2D eigenvalue weighted by molar-refractivity contribution is -0.688. The van der Waals surface area contributed by atoms with Gasteiger partial charge < -0.3 is 17.5 Å². The number of halogens is 1. The number of pyridine rings is 1. The second-order valence-electron chi connectivity index (χ2n) is 3.55. The molecule has 17 heavy (non-hydrogen) atoms. The first-order chi connectivity index (χ1) is 7.75. The van der Waals surface area contributed by atoms with Crippen LogP contribution in [0.2, 0.25) is 0 Å². The Morgan fingerprint density at radius 2 is 1.65 bits per heavy atom. The van der Waals surface area contributed by atoms with Crippen molar-refractivity contribution >= 4 is 5.97 Å². The SMILES string of the molecule is O=C(O)c1ccc(C[n+]2ccccc2)cc1.[Cl-]. The van der Waals surface area contributed by atoms with Gasteiger partial charge >= 0.3 is 5.97 Å². The van der Waals surface area contributed by atoms with Gasteiger partial charge in [-0.1, -0.05) is 18.2 Å². The molecule has 1 aromatic heterocycles. The van der Waals surface area contributed by atoms with E-state index in [1.165, 1.54) is 0 Å². The molecule has 2 aromatic rings. The zero-order chi connectivity index (χ0) is 11.4. The van der Waals surface area contributed by atoms with E-state index in [2.05, 4.69) is 0 Å². The Bertz CT molecular complexity index is 483. The molecule has 3 nitrogen and oxygen atoms in total. The van der Waals surface area contributed by atoms with Crippen LogP contribution in [0.15, 0.2) is 54.9 Å². The minimum Gasteiger partial charge on any atom is -1.00 e. The van der Waals surface area contributed by atoms with Crippen molar-refractivity contribution in [2.24, 2.45) is 0 Å². The molecule has 0 saturated heterocycles. The van der Waals surface area contributed by atoms with Crippen LogP contribution in [0.1, 0.15) is 15.9 Å². The maximum absolute atomic E-state index is 10.7. The molecular formula is C13H12ClNO2. The number of carboxylic acids is 1. The van der Waals surface area contributed by atoms with Crippen LogP contribution in [0.5, 0.6) is 0 Å². The van der Waals surface area contributed by atoms with E-state index in [1.54, 1.807) is 12.1 Å². The first kappa shape index (κ1) is 13.2. The summed E-state index contributed by atoms with van der Waals surface area (Å²) in [5.74, 6) is -0.890. The Kier molecular flexibility index (Phi) is 4.67. The van der Waals surface area contributed by atoms with Gasteiger partial charge in [0.25, 0.3) is 0 Å². The van der Waals surface area contributed by atoms with Gasteiger partial charge in [0.05, 0.1) is 5.56 Å². The fourth-order valence-electron chi connectivity index (χ4n) is 1.50. The van der Waals surface area contributed by atoms with Crippen LogP contribution >= 0.6 is 0 Å². The Morgan fingerprint density at radius 3 is 2.18 bits per heavy atom. The monoisotopic (exact) mass is 249 g/mol. The Hall–Kier alpha value is -1.87. The van der Waals surface area contributed by atoms with Crippen molar-refractivity contribution < 1.29 is 26.9 Å². The van der Waals surface area contributed by atoms with E-state index in [0.717, 1.165) is 12.1 Å². The zero-order valence-corrected chi connectivity index (χ0v) is 9.84. The number of aromatic carboxylic acids is 1. The molecular weight excluding hydrogens is 238 g/mol. The highest BCUT2D eigenvalue weighted by molar-refractivity contribution is 5.87. The van der Waals surface area contributed by atoms with Crippen LogP contribution in [-0.4, -0.2) is 11.1 Å². The standard InChI is InChI=1S/C13H11NO2.ClH/c15-13(16)12-6-4-11(5-7-12)10-14-8-2-1-3-9-14;/h1-9H,10H2;1H. The number of aromatic nitrogens is 1. The average molecular weight is 250 g/mol. The Labute approximate surface area is 106 Å². The molecule has 0 amide bonds. The molecule has 88 valence electrons. The van der Waals surface area contributed by atoms with Gasteiger partial charge in [-0.2, -0.15) is 0 Å². The summed E-state index contributed by atoms with van der Waals surface area (Å²) in [4.78, 5) is 10.7. The van der Waals surface area contributed by atoms with Crippen molar-refractivity contribution in [2.45, 2.75) is 6.54 Å². The molecule has 1 aromatic carbocycles. The van der Waals surface area contributed by atoms with Gasteiger partial charge in [0.2, 0.25) is 0 Å². The Morgan fingerprint density at radius 1 is 1.06 bits per heavy atom. The van der Waals surface area contributed by atoms with Crippen LogP contribution in [0.4, 0.5) is 0 Å². The molecule has 0 saturated carbocycles. The zero-order valence-electron chi connectivity index (χ0n) is 9.08. The van der Waals surface area contributed by atoms with Gasteiger partial charge in [0.15, 0.2) is 18.9 Å². The maximum Gasteiger partial charge on any atom is 0.335 e. The number of hydrogen-bond acceptors (Lipinski definition) is 1. The molecule has 2 rings (SSSR count). The highest BCUT2D eigenvalue weighted by Gasteiger charge is 2.04. The van der Waals surface area contributed by atoms with Crippen molar-refractivity contribution in [1.29, 1.82) is 0 Å². The molecule has 4 heteroatoms. The predicted octanol–water partition coefficient (Wildman–Crippen LogP) is -1.28. The summed E-state index contributed by atoms with van der Waals surface area (Å²) in [6.45, 7) is 0.751. The molecule has 0 aliphatic rings. The highest BCUT2D eigenvalue weighted by atomic mass is 35.5. The molecule has 0 fully saturated rings. The highest BCUT2D eigenvalue weighted by Crippen LogP contribution is 2.03. The summed E-state index contributed by atoms with van der Waals surface area (Å²) in [6, 6.07) is 12.8. The van der Waals surface area contributed by atoms with E-state index in [-0.39, 0.29) is 12.4 Å². The lowest BCUT2D eigenvalue weighted by Gasteiger charge is -1.98. The third-order valence-electron chi connectivity index (χ3n) is 2.34. The third-order valence-corrected chi connectivity index (χ3v) is 2.34. The van der Waals surface area contributed by atoms with Gasteiger partial charge in [-0.25, -0.2) is 9.36 Å². The van der Waals surface area contributed by atoms with E-state index < -0.39 is 5.97 Å². The number of nitrogens with zero attached hydrogens (tertiary/aromatic N) is 1. The van der Waals surface area contributed by atoms with Crippen LogP contribution in [0.3, 0.4) is 0 Å². The fraction of sp³-hybridized carbons (Fsp3) is 0.0769. The van der Waals surface area contributed by atoms with Gasteiger partial charge in [0, 0.05) is 17.7 Å². The lowest BCUT2D eigenvalue weighted by atomic mass is 10.1. The van der Waals surface area contributed by atoms with Crippen LogP contribution in [0, 0.1) is 0 Å². The topological polar surface area (TPSA) is 41.2 Å². The van der Waals surface area contributed by atoms with E-state index in [1.807, 2.05) is 47.3 Å². The average Bonchev–Trinajstić information content (AvgIpc) is 2.31. The quantitative estimate of drug-likeness (QED) is 0.689. The molecule has 0 aliphatic carbocycles. The molecule has 0 bridgehead atoms. The Balaban J connectivity index is 0.00000144. The second-order valence-corrected chi connectivity index (χ2v) is 3.55. The smallest absolute Gasteiger partial charge is 0.335 e. The summed E-state index contributed by atoms with van der Waals surface area (Å²) < 4.78 is 2.04. The summed E-state index contributed by atoms with van der Waals surface area (Å²) in [5.41, 5.74) is 1.41. The normalized spacial score (nSPS) is 9.41. The van der Waals surface area contributed by atoms with E-state index in [4.69, 9.17) is 5.11 Å². The van der Waals surface area contributed by atoms with Crippen molar-refractivity contribution in [2.75, 3.05) is 0 Å². The maximum atomic E-state index is 10.7. The predicted molar refractivity (Wildman–Crippen MR) is 59.1 cm³/mol. The van der Waals surface area contributed by atoms with Crippen molar-refractivity contribution in [3.63, 3.8) is 0 Å². The first-order valence-electron chi connectivity index (χ1n) is 5.02. The molecule has 0 spiro atoms. The van der Waals surface area contributed by atoms with E-state index in [0.29, 0.717) is 5.56 Å². The van der Waals surface area contributed by atoms with Crippen LogP contribution < -0.4 is 17.0 Å². The summed E-state index contributed by atoms with van der Waals surface area (Å²) in [7, 11) is 0. The number of carbonyl (C=O) groups is 1. The van der Waals surface area contributed by atoms with Gasteiger partial charge in [-0.3, -0.25) is 0 Å². The molecule has 0 radical (unpaired) electrons. The van der Waals surface area contributed by atoms with Crippen LogP contribution in [0.25, 0.3) is 0 Å². The van der Waals surface area contributed by atoms with Gasteiger partial charge in [-0.15, -0.1) is 0 Å². The van der Waals surface area contributed by atoms with E-state index in [9.17, 15) is 4.79 Å². The lowest BCUT2D eigenvalue weighted by Crippen LogP contribution is -3.00. The minimum atomic E-state index is -0.890. The van der Waals surface area contributed by atoms with Crippen molar-refractivity contribution in [3.8, 4) is 0 Å². The molecule has 0 atom stereocenters. The second kappa shape index (κ2) is 6.01. The van der Waals surface area contributed by atoms with Crippen LogP contribution in [-0.2, 0) is 6.54 Å². The first-order valence-corrected chi connectivity index (χ1v) is 5.02. The van der Waals surface area contributed by atoms with Gasteiger partial charge in [-0.05, 0) is 12.1 Å².